The Bertz CT molecular complexity index is 630. The van der Waals surface area contributed by atoms with E-state index in [1.807, 2.05) is 24.3 Å². The van der Waals surface area contributed by atoms with Crippen molar-refractivity contribution in [3.63, 3.8) is 0 Å². The van der Waals surface area contributed by atoms with Crippen LogP contribution in [-0.2, 0) is 0 Å². The van der Waals surface area contributed by atoms with Crippen molar-refractivity contribution in [3.8, 4) is 6.07 Å². The summed E-state index contributed by atoms with van der Waals surface area (Å²) in [7, 11) is 0. The molecule has 0 saturated carbocycles. The third kappa shape index (κ3) is 3.45. The van der Waals surface area contributed by atoms with E-state index in [1.54, 1.807) is 18.2 Å². The van der Waals surface area contributed by atoms with Crippen LogP contribution in [0.4, 0.5) is 5.69 Å². The Hall–Kier alpha value is -1.69. The lowest BCUT2D eigenvalue weighted by Gasteiger charge is -2.20. The van der Waals surface area contributed by atoms with Crippen molar-refractivity contribution in [1.29, 1.82) is 5.26 Å². The van der Waals surface area contributed by atoms with Crippen molar-refractivity contribution >= 4 is 28.9 Å². The Morgan fingerprint density at radius 3 is 2.35 bits per heavy atom. The van der Waals surface area contributed by atoms with Gasteiger partial charge in [0.25, 0.3) is 0 Å². The molecule has 4 heteroatoms. The molecule has 0 radical (unpaired) electrons. The molecule has 0 spiro atoms. The van der Waals surface area contributed by atoms with E-state index < -0.39 is 0 Å². The maximum absolute atomic E-state index is 9.15. The molecule has 102 valence electrons. The molecule has 0 heterocycles. The number of rotatable bonds is 4. The summed E-state index contributed by atoms with van der Waals surface area (Å²) in [6.45, 7) is 2.09. The first-order valence-electron chi connectivity index (χ1n) is 6.35. The molecule has 0 amide bonds. The molecule has 1 unspecified atom stereocenters. The molecule has 1 N–H and O–H groups in total. The Morgan fingerprint density at radius 1 is 1.10 bits per heavy atom. The summed E-state index contributed by atoms with van der Waals surface area (Å²) in [5.74, 6) is 0. The molecule has 2 aromatic carbocycles. The highest BCUT2D eigenvalue weighted by atomic mass is 35.5. The van der Waals surface area contributed by atoms with E-state index in [9.17, 15) is 0 Å². The zero-order valence-electron chi connectivity index (χ0n) is 11.0. The average Bonchev–Trinajstić information content (AvgIpc) is 2.46. The summed E-state index contributed by atoms with van der Waals surface area (Å²) in [6.07, 6.45) is 0.888. The zero-order chi connectivity index (χ0) is 14.5. The summed E-state index contributed by atoms with van der Waals surface area (Å²) < 4.78 is 0. The predicted molar refractivity (Wildman–Crippen MR) is 84.3 cm³/mol. The fourth-order valence-corrected chi connectivity index (χ4v) is 2.34. The van der Waals surface area contributed by atoms with E-state index in [1.165, 1.54) is 0 Å². The monoisotopic (exact) mass is 304 g/mol. The fourth-order valence-electron chi connectivity index (χ4n) is 2.04. The van der Waals surface area contributed by atoms with Gasteiger partial charge in [0, 0.05) is 10.0 Å². The lowest BCUT2D eigenvalue weighted by molar-refractivity contribution is 0.749. The number of nitrogens with zero attached hydrogens (tertiary/aromatic N) is 1. The molecule has 2 nitrogen and oxygen atoms in total. The molecule has 2 rings (SSSR count). The Labute approximate surface area is 128 Å². The van der Waals surface area contributed by atoms with Crippen LogP contribution in [0.5, 0.6) is 0 Å². The minimum absolute atomic E-state index is 0.109. The molecular formula is C16H14Cl2N2. The lowest BCUT2D eigenvalue weighted by Crippen LogP contribution is -2.10. The number of hydrogen-bond donors (Lipinski definition) is 1. The molecule has 1 atom stereocenters. The third-order valence-corrected chi connectivity index (χ3v) is 3.60. The maximum Gasteiger partial charge on any atom is 0.101 e. The second-order valence-corrected chi connectivity index (χ2v) is 5.33. The van der Waals surface area contributed by atoms with Crippen molar-refractivity contribution in [1.82, 2.24) is 0 Å². The van der Waals surface area contributed by atoms with Crippen LogP contribution in [-0.4, -0.2) is 0 Å². The van der Waals surface area contributed by atoms with Gasteiger partial charge in [0.05, 0.1) is 17.3 Å². The van der Waals surface area contributed by atoms with Crippen LogP contribution in [0.25, 0.3) is 0 Å². The van der Waals surface area contributed by atoms with Gasteiger partial charge < -0.3 is 5.32 Å². The average molecular weight is 305 g/mol. The highest BCUT2D eigenvalue weighted by molar-refractivity contribution is 6.31. The first-order chi connectivity index (χ1) is 9.63. The van der Waals surface area contributed by atoms with Gasteiger partial charge >= 0.3 is 0 Å². The van der Waals surface area contributed by atoms with Crippen molar-refractivity contribution in [2.24, 2.45) is 0 Å². The van der Waals surface area contributed by atoms with Gasteiger partial charge in [-0.15, -0.1) is 0 Å². The first-order valence-corrected chi connectivity index (χ1v) is 7.11. The van der Waals surface area contributed by atoms with E-state index in [2.05, 4.69) is 18.3 Å². The first kappa shape index (κ1) is 14.7. The van der Waals surface area contributed by atoms with Gasteiger partial charge in [-0.25, -0.2) is 0 Å². The highest BCUT2D eigenvalue weighted by Crippen LogP contribution is 2.27. The zero-order valence-corrected chi connectivity index (χ0v) is 12.5. The van der Waals surface area contributed by atoms with Gasteiger partial charge in [-0.05, 0) is 42.3 Å². The van der Waals surface area contributed by atoms with Crippen molar-refractivity contribution in [3.05, 3.63) is 63.6 Å². The summed E-state index contributed by atoms with van der Waals surface area (Å²) in [6, 6.07) is 15.2. The molecule has 0 saturated heterocycles. The Balaban J connectivity index is 2.29. The molecule has 0 aliphatic heterocycles. The number of halogens is 2. The van der Waals surface area contributed by atoms with Crippen LogP contribution in [0.1, 0.15) is 30.5 Å². The van der Waals surface area contributed by atoms with Crippen LogP contribution in [0.15, 0.2) is 42.5 Å². The molecular weight excluding hydrogens is 291 g/mol. The van der Waals surface area contributed by atoms with Gasteiger partial charge in [0.2, 0.25) is 0 Å². The van der Waals surface area contributed by atoms with E-state index in [0.717, 1.165) is 17.7 Å². The van der Waals surface area contributed by atoms with Crippen molar-refractivity contribution < 1.29 is 0 Å². The van der Waals surface area contributed by atoms with Gasteiger partial charge in [-0.2, -0.15) is 5.26 Å². The largest absolute Gasteiger partial charge is 0.377 e. The molecule has 0 fully saturated rings. The quantitative estimate of drug-likeness (QED) is 0.817. The SMILES string of the molecule is CCC(Nc1cc(Cl)ccc1C#N)c1ccc(Cl)cc1. The van der Waals surface area contributed by atoms with E-state index in [-0.39, 0.29) is 6.04 Å². The van der Waals surface area contributed by atoms with Gasteiger partial charge in [0.15, 0.2) is 0 Å². The number of hydrogen-bond acceptors (Lipinski definition) is 2. The Morgan fingerprint density at radius 2 is 1.75 bits per heavy atom. The summed E-state index contributed by atoms with van der Waals surface area (Å²) >= 11 is 11.9. The minimum atomic E-state index is 0.109. The van der Waals surface area contributed by atoms with Crippen molar-refractivity contribution in [2.75, 3.05) is 5.32 Å². The van der Waals surface area contributed by atoms with E-state index in [0.29, 0.717) is 15.6 Å². The smallest absolute Gasteiger partial charge is 0.101 e. The second kappa shape index (κ2) is 6.65. The van der Waals surface area contributed by atoms with Gasteiger partial charge in [0.1, 0.15) is 6.07 Å². The normalized spacial score (nSPS) is 11.7. The van der Waals surface area contributed by atoms with Gasteiger partial charge in [-0.3, -0.25) is 0 Å². The number of nitrogens with one attached hydrogen (secondary N) is 1. The van der Waals surface area contributed by atoms with Crippen LogP contribution in [0.2, 0.25) is 10.0 Å². The second-order valence-electron chi connectivity index (χ2n) is 4.46. The topological polar surface area (TPSA) is 35.8 Å². The van der Waals surface area contributed by atoms with Crippen LogP contribution < -0.4 is 5.32 Å². The molecule has 0 aliphatic carbocycles. The molecule has 0 bridgehead atoms. The molecule has 20 heavy (non-hydrogen) atoms. The van der Waals surface area contributed by atoms with E-state index >= 15 is 0 Å². The fraction of sp³-hybridized carbons (Fsp3) is 0.188. The minimum Gasteiger partial charge on any atom is -0.377 e. The molecule has 2 aromatic rings. The standard InChI is InChI=1S/C16H14Cl2N2/c1-2-15(11-3-6-13(17)7-4-11)20-16-9-14(18)8-5-12(16)10-19/h3-9,15,20H,2H2,1H3. The third-order valence-electron chi connectivity index (χ3n) is 3.11. The van der Waals surface area contributed by atoms with E-state index in [4.69, 9.17) is 28.5 Å². The summed E-state index contributed by atoms with van der Waals surface area (Å²) in [5, 5.41) is 13.8. The molecule has 0 aromatic heterocycles. The van der Waals surface area contributed by atoms with Gasteiger partial charge in [-0.1, -0.05) is 42.3 Å². The highest BCUT2D eigenvalue weighted by Gasteiger charge is 2.11. The summed E-state index contributed by atoms with van der Waals surface area (Å²) in [4.78, 5) is 0. The van der Waals surface area contributed by atoms with Crippen LogP contribution in [0.3, 0.4) is 0 Å². The number of benzene rings is 2. The molecule has 0 aliphatic rings. The number of anilines is 1. The summed E-state index contributed by atoms with van der Waals surface area (Å²) in [5.41, 5.74) is 2.46. The van der Waals surface area contributed by atoms with Crippen LogP contribution in [0, 0.1) is 11.3 Å². The maximum atomic E-state index is 9.15. The van der Waals surface area contributed by atoms with Crippen molar-refractivity contribution in [2.45, 2.75) is 19.4 Å². The van der Waals surface area contributed by atoms with Crippen LogP contribution >= 0.6 is 23.2 Å². The number of nitriles is 1. The Kier molecular flexibility index (Phi) is 4.89. The predicted octanol–water partition coefficient (Wildman–Crippen LogP) is 5.43. The lowest BCUT2D eigenvalue weighted by atomic mass is 10.0.